The average Bonchev–Trinajstić information content (AvgIpc) is 3.34. The number of rotatable bonds is 2. The molecule has 0 aliphatic heterocycles. The predicted molar refractivity (Wildman–Crippen MR) is 127 cm³/mol. The van der Waals surface area contributed by atoms with Gasteiger partial charge in [0.15, 0.2) is 0 Å². The molecule has 0 aliphatic rings. The molecule has 3 heterocycles. The van der Waals surface area contributed by atoms with Crippen molar-refractivity contribution in [3.63, 3.8) is 0 Å². The highest BCUT2D eigenvalue weighted by molar-refractivity contribution is 7.22. The Balaban J connectivity index is 1.52. The van der Waals surface area contributed by atoms with Crippen molar-refractivity contribution in [3.8, 4) is 21.7 Å². The fraction of sp³-hybridized carbons (Fsp3) is 0.0741. The van der Waals surface area contributed by atoms with Crippen LogP contribution in [-0.2, 0) is 0 Å². The zero-order valence-electron chi connectivity index (χ0n) is 16.8. The van der Waals surface area contributed by atoms with Gasteiger partial charge in [0.2, 0.25) is 0 Å². The third-order valence-corrected chi connectivity index (χ3v) is 6.73. The third-order valence-electron chi connectivity index (χ3n) is 5.59. The summed E-state index contributed by atoms with van der Waals surface area (Å²) in [5.41, 5.74) is 7.64. The van der Waals surface area contributed by atoms with Crippen LogP contribution in [0.15, 0.2) is 83.4 Å². The van der Waals surface area contributed by atoms with E-state index < -0.39 is 0 Å². The fourth-order valence-electron chi connectivity index (χ4n) is 4.30. The molecule has 0 fully saturated rings. The molecule has 0 atom stereocenters. The minimum Gasteiger partial charge on any atom is -0.455 e. The second-order valence-electron chi connectivity index (χ2n) is 7.87. The van der Waals surface area contributed by atoms with Crippen LogP contribution in [0, 0.1) is 13.8 Å². The molecule has 144 valence electrons. The van der Waals surface area contributed by atoms with Crippen molar-refractivity contribution in [2.45, 2.75) is 13.8 Å². The molecule has 0 aliphatic carbocycles. The van der Waals surface area contributed by atoms with E-state index in [0.717, 1.165) is 33.2 Å². The Labute approximate surface area is 178 Å². The highest BCUT2D eigenvalue weighted by atomic mass is 32.1. The predicted octanol–water partition coefficient (Wildman–Crippen LogP) is 8.15. The SMILES string of the molecule is Cc1cc(C)cc(-c2cc3cc(-c4cccc5c4oc4ccccc45)ncc3s2)c1. The van der Waals surface area contributed by atoms with Crippen molar-refractivity contribution in [1.29, 1.82) is 0 Å². The third kappa shape index (κ3) is 2.74. The van der Waals surface area contributed by atoms with E-state index in [1.807, 2.05) is 24.4 Å². The molecule has 6 aromatic rings. The Kier molecular flexibility index (Phi) is 3.80. The maximum atomic E-state index is 6.21. The summed E-state index contributed by atoms with van der Waals surface area (Å²) < 4.78 is 7.41. The molecule has 0 bridgehead atoms. The van der Waals surface area contributed by atoms with Gasteiger partial charge in [-0.15, -0.1) is 11.3 Å². The van der Waals surface area contributed by atoms with Crippen molar-refractivity contribution in [1.82, 2.24) is 4.98 Å². The molecule has 0 saturated carbocycles. The van der Waals surface area contributed by atoms with Crippen molar-refractivity contribution < 1.29 is 4.42 Å². The van der Waals surface area contributed by atoms with Crippen molar-refractivity contribution >= 4 is 43.4 Å². The molecule has 0 saturated heterocycles. The quantitative estimate of drug-likeness (QED) is 0.290. The number of pyridine rings is 1. The lowest BCUT2D eigenvalue weighted by molar-refractivity contribution is 0.670. The summed E-state index contributed by atoms with van der Waals surface area (Å²) in [4.78, 5) is 6.07. The molecule has 3 aromatic carbocycles. The second-order valence-corrected chi connectivity index (χ2v) is 8.96. The zero-order valence-corrected chi connectivity index (χ0v) is 17.6. The number of thiophene rings is 1. The molecule has 3 heteroatoms. The normalized spacial score (nSPS) is 11.7. The number of para-hydroxylation sites is 2. The van der Waals surface area contributed by atoms with Gasteiger partial charge in [-0.25, -0.2) is 0 Å². The summed E-state index contributed by atoms with van der Waals surface area (Å²) >= 11 is 1.79. The summed E-state index contributed by atoms with van der Waals surface area (Å²) in [5, 5.41) is 3.49. The minimum absolute atomic E-state index is 0.898. The van der Waals surface area contributed by atoms with Crippen molar-refractivity contribution in [2.75, 3.05) is 0 Å². The highest BCUT2D eigenvalue weighted by Crippen LogP contribution is 2.38. The molecule has 0 N–H and O–H groups in total. The summed E-state index contributed by atoms with van der Waals surface area (Å²) in [6, 6.07) is 25.6. The van der Waals surface area contributed by atoms with E-state index in [1.54, 1.807) is 11.3 Å². The largest absolute Gasteiger partial charge is 0.455 e. The van der Waals surface area contributed by atoms with E-state index in [0.29, 0.717) is 0 Å². The molecular weight excluding hydrogens is 386 g/mol. The lowest BCUT2D eigenvalue weighted by atomic mass is 10.0. The van der Waals surface area contributed by atoms with Crippen LogP contribution in [0.2, 0.25) is 0 Å². The van der Waals surface area contributed by atoms with Crippen LogP contribution >= 0.6 is 11.3 Å². The zero-order chi connectivity index (χ0) is 20.2. The van der Waals surface area contributed by atoms with Crippen LogP contribution < -0.4 is 0 Å². The van der Waals surface area contributed by atoms with Gasteiger partial charge in [-0.3, -0.25) is 4.98 Å². The van der Waals surface area contributed by atoms with Crippen LogP contribution in [0.4, 0.5) is 0 Å². The van der Waals surface area contributed by atoms with Gasteiger partial charge >= 0.3 is 0 Å². The maximum Gasteiger partial charge on any atom is 0.144 e. The number of furan rings is 1. The number of benzene rings is 3. The van der Waals surface area contributed by atoms with Gasteiger partial charge in [0.05, 0.1) is 10.4 Å². The number of hydrogen-bond acceptors (Lipinski definition) is 3. The van der Waals surface area contributed by atoms with Gasteiger partial charge in [0.1, 0.15) is 11.2 Å². The Bertz CT molecular complexity index is 1550. The molecular formula is C27H19NOS. The first kappa shape index (κ1) is 17.4. The highest BCUT2D eigenvalue weighted by Gasteiger charge is 2.14. The topological polar surface area (TPSA) is 26.0 Å². The monoisotopic (exact) mass is 405 g/mol. The molecule has 3 aromatic heterocycles. The lowest BCUT2D eigenvalue weighted by Gasteiger charge is -2.02. The van der Waals surface area contributed by atoms with Crippen LogP contribution in [0.5, 0.6) is 0 Å². The Morgan fingerprint density at radius 2 is 1.60 bits per heavy atom. The van der Waals surface area contributed by atoms with E-state index in [9.17, 15) is 0 Å². The average molecular weight is 406 g/mol. The summed E-state index contributed by atoms with van der Waals surface area (Å²) in [7, 11) is 0. The van der Waals surface area contributed by atoms with E-state index in [-0.39, 0.29) is 0 Å². The van der Waals surface area contributed by atoms with Crippen LogP contribution in [-0.4, -0.2) is 4.98 Å². The number of nitrogens with zero attached hydrogens (tertiary/aromatic N) is 1. The molecule has 0 unspecified atom stereocenters. The van der Waals surface area contributed by atoms with Gasteiger partial charge in [0, 0.05) is 27.4 Å². The van der Waals surface area contributed by atoms with E-state index >= 15 is 0 Å². The number of fused-ring (bicyclic) bond motifs is 4. The standard InChI is InChI=1S/C27H19NOS/c1-16-10-17(2)12-18(11-16)25-14-19-13-23(28-15-26(19)30-25)22-8-5-7-21-20-6-3-4-9-24(20)29-27(21)22/h3-15H,1-2H3. The molecule has 2 nitrogen and oxygen atoms in total. The lowest BCUT2D eigenvalue weighted by Crippen LogP contribution is -1.83. The Morgan fingerprint density at radius 3 is 2.47 bits per heavy atom. The molecule has 0 amide bonds. The summed E-state index contributed by atoms with van der Waals surface area (Å²) in [6.45, 7) is 4.30. The second kappa shape index (κ2) is 6.54. The Hall–Kier alpha value is -3.43. The van der Waals surface area contributed by atoms with Gasteiger partial charge in [-0.2, -0.15) is 0 Å². The molecule has 30 heavy (non-hydrogen) atoms. The van der Waals surface area contributed by atoms with Gasteiger partial charge in [-0.05, 0) is 49.1 Å². The van der Waals surface area contributed by atoms with Crippen molar-refractivity contribution in [3.05, 3.63) is 90.1 Å². The first-order valence-electron chi connectivity index (χ1n) is 10.0. The first-order chi connectivity index (χ1) is 14.7. The molecule has 0 spiro atoms. The van der Waals surface area contributed by atoms with Crippen LogP contribution in [0.1, 0.15) is 11.1 Å². The van der Waals surface area contributed by atoms with E-state index in [1.165, 1.54) is 31.7 Å². The van der Waals surface area contributed by atoms with E-state index in [2.05, 4.69) is 68.4 Å². The first-order valence-corrected chi connectivity index (χ1v) is 10.9. The summed E-state index contributed by atoms with van der Waals surface area (Å²) in [5.74, 6) is 0. The Morgan fingerprint density at radius 1 is 0.800 bits per heavy atom. The number of hydrogen-bond donors (Lipinski definition) is 0. The number of aryl methyl sites for hydroxylation is 2. The smallest absolute Gasteiger partial charge is 0.144 e. The molecule has 0 radical (unpaired) electrons. The minimum atomic E-state index is 0.898. The van der Waals surface area contributed by atoms with Crippen LogP contribution in [0.3, 0.4) is 0 Å². The van der Waals surface area contributed by atoms with Gasteiger partial charge < -0.3 is 4.42 Å². The molecule has 6 rings (SSSR count). The van der Waals surface area contributed by atoms with Gasteiger partial charge in [0.25, 0.3) is 0 Å². The van der Waals surface area contributed by atoms with Gasteiger partial charge in [-0.1, -0.05) is 59.7 Å². The summed E-state index contributed by atoms with van der Waals surface area (Å²) in [6.07, 6.45) is 1.99. The van der Waals surface area contributed by atoms with Crippen molar-refractivity contribution in [2.24, 2.45) is 0 Å². The fourth-order valence-corrected chi connectivity index (χ4v) is 5.30. The maximum absolute atomic E-state index is 6.21. The van der Waals surface area contributed by atoms with E-state index in [4.69, 9.17) is 9.40 Å². The van der Waals surface area contributed by atoms with Crippen LogP contribution in [0.25, 0.3) is 53.7 Å². The number of aromatic nitrogens is 1.